The molecule has 0 saturated heterocycles. The molecule has 0 amide bonds. The summed E-state index contributed by atoms with van der Waals surface area (Å²) in [5.41, 5.74) is 5.32. The first-order valence-corrected chi connectivity index (χ1v) is 4.41. The van der Waals surface area contributed by atoms with E-state index in [0.29, 0.717) is 12.5 Å². The summed E-state index contributed by atoms with van der Waals surface area (Å²) in [5.74, 6) is 0.352. The number of anilines is 1. The minimum atomic E-state index is -0.324. The van der Waals surface area contributed by atoms with Crippen LogP contribution in [0.3, 0.4) is 0 Å². The van der Waals surface area contributed by atoms with Gasteiger partial charge in [-0.25, -0.2) is 4.68 Å². The van der Waals surface area contributed by atoms with Crippen LogP contribution in [0.25, 0.3) is 0 Å². The molecule has 13 heavy (non-hydrogen) atoms. The molecular weight excluding hydrogens is 190 g/mol. The summed E-state index contributed by atoms with van der Waals surface area (Å²) in [6, 6.07) is 0. The predicted octanol–water partition coefficient (Wildman–Crippen LogP) is 1.13. The fourth-order valence-corrected chi connectivity index (χ4v) is 1.10. The predicted molar refractivity (Wildman–Crippen MR) is 52.8 cm³/mol. The molecule has 0 aliphatic heterocycles. The van der Waals surface area contributed by atoms with Crippen molar-refractivity contribution in [1.82, 2.24) is 9.78 Å². The van der Waals surface area contributed by atoms with Gasteiger partial charge in [0.25, 0.3) is 5.56 Å². The third kappa shape index (κ3) is 2.21. The lowest BCUT2D eigenvalue weighted by molar-refractivity contribution is 0.464. The molecule has 0 saturated carbocycles. The molecule has 1 heterocycles. The molecule has 5 heteroatoms. The Bertz CT molecular complexity index is 359. The Hall–Kier alpha value is -1.03. The van der Waals surface area contributed by atoms with Gasteiger partial charge in [0.1, 0.15) is 5.02 Å². The maximum atomic E-state index is 11.4. The first-order chi connectivity index (χ1) is 6.02. The number of halogens is 1. The van der Waals surface area contributed by atoms with Crippen LogP contribution < -0.4 is 11.3 Å². The highest BCUT2D eigenvalue weighted by molar-refractivity contribution is 6.32. The van der Waals surface area contributed by atoms with Crippen LogP contribution in [0.5, 0.6) is 0 Å². The molecule has 4 nitrogen and oxygen atoms in total. The van der Waals surface area contributed by atoms with Crippen LogP contribution in [0.1, 0.15) is 13.8 Å². The fourth-order valence-electron chi connectivity index (χ4n) is 0.954. The first kappa shape index (κ1) is 10.1. The van der Waals surface area contributed by atoms with Crippen LogP contribution in [0.2, 0.25) is 5.02 Å². The summed E-state index contributed by atoms with van der Waals surface area (Å²) in [6.07, 6.45) is 1.39. The van der Waals surface area contributed by atoms with E-state index < -0.39 is 0 Å². The van der Waals surface area contributed by atoms with Crippen molar-refractivity contribution < 1.29 is 0 Å². The van der Waals surface area contributed by atoms with Gasteiger partial charge in [-0.1, -0.05) is 25.4 Å². The molecule has 1 aromatic heterocycles. The van der Waals surface area contributed by atoms with E-state index in [9.17, 15) is 4.79 Å². The number of hydrogen-bond donors (Lipinski definition) is 1. The van der Waals surface area contributed by atoms with Gasteiger partial charge in [0.05, 0.1) is 11.9 Å². The Balaban J connectivity index is 3.12. The molecule has 0 aromatic carbocycles. The Morgan fingerprint density at radius 2 is 2.31 bits per heavy atom. The van der Waals surface area contributed by atoms with Gasteiger partial charge in [-0.15, -0.1) is 0 Å². The largest absolute Gasteiger partial charge is 0.396 e. The van der Waals surface area contributed by atoms with Gasteiger partial charge >= 0.3 is 0 Å². The van der Waals surface area contributed by atoms with Crippen LogP contribution in [0.4, 0.5) is 5.69 Å². The molecule has 0 unspecified atom stereocenters. The van der Waals surface area contributed by atoms with Crippen LogP contribution in [-0.2, 0) is 6.54 Å². The summed E-state index contributed by atoms with van der Waals surface area (Å²) < 4.78 is 1.32. The standard InChI is InChI=1S/C8H12ClN3O/c1-5(2)4-12-8(13)7(9)6(10)3-11-12/h3,5H,4,10H2,1-2H3. The third-order valence-electron chi connectivity index (χ3n) is 1.55. The van der Waals surface area contributed by atoms with E-state index in [1.54, 1.807) is 0 Å². The summed E-state index contributed by atoms with van der Waals surface area (Å²) in [5, 5.41) is 3.93. The summed E-state index contributed by atoms with van der Waals surface area (Å²) >= 11 is 5.67. The second-order valence-electron chi connectivity index (χ2n) is 3.30. The molecule has 72 valence electrons. The molecule has 0 aliphatic carbocycles. The highest BCUT2D eigenvalue weighted by Gasteiger charge is 2.07. The van der Waals surface area contributed by atoms with Crippen molar-refractivity contribution >= 4 is 17.3 Å². The van der Waals surface area contributed by atoms with E-state index >= 15 is 0 Å². The molecule has 0 spiro atoms. The normalized spacial score (nSPS) is 10.8. The SMILES string of the molecule is CC(C)Cn1ncc(N)c(Cl)c1=O. The van der Waals surface area contributed by atoms with Crippen molar-refractivity contribution in [2.45, 2.75) is 20.4 Å². The number of nitrogens with two attached hydrogens (primary N) is 1. The van der Waals surface area contributed by atoms with Crippen molar-refractivity contribution in [3.8, 4) is 0 Å². The van der Waals surface area contributed by atoms with Gasteiger partial charge < -0.3 is 5.73 Å². The van der Waals surface area contributed by atoms with E-state index in [4.69, 9.17) is 17.3 Å². The molecule has 0 atom stereocenters. The molecule has 0 radical (unpaired) electrons. The van der Waals surface area contributed by atoms with Crippen molar-refractivity contribution in [2.75, 3.05) is 5.73 Å². The van der Waals surface area contributed by atoms with Gasteiger partial charge in [0.15, 0.2) is 0 Å². The zero-order valence-corrected chi connectivity index (χ0v) is 8.38. The molecule has 0 fully saturated rings. The van der Waals surface area contributed by atoms with Crippen LogP contribution in [0, 0.1) is 5.92 Å². The minimum Gasteiger partial charge on any atom is -0.396 e. The summed E-state index contributed by atoms with van der Waals surface area (Å²) in [6.45, 7) is 4.55. The van der Waals surface area contributed by atoms with Crippen molar-refractivity contribution in [1.29, 1.82) is 0 Å². The maximum absolute atomic E-state index is 11.4. The summed E-state index contributed by atoms with van der Waals surface area (Å²) in [4.78, 5) is 11.4. The Morgan fingerprint density at radius 3 is 2.85 bits per heavy atom. The van der Waals surface area contributed by atoms with E-state index in [1.807, 2.05) is 13.8 Å². The molecule has 0 bridgehead atoms. The molecule has 1 aromatic rings. The molecule has 1 rings (SSSR count). The van der Waals surface area contributed by atoms with Gasteiger partial charge in [-0.05, 0) is 5.92 Å². The van der Waals surface area contributed by atoms with Crippen LogP contribution in [0.15, 0.2) is 11.0 Å². The van der Waals surface area contributed by atoms with Crippen LogP contribution >= 0.6 is 11.6 Å². The van der Waals surface area contributed by atoms with Gasteiger partial charge in [-0.3, -0.25) is 4.79 Å². The van der Waals surface area contributed by atoms with E-state index in [-0.39, 0.29) is 16.3 Å². The van der Waals surface area contributed by atoms with Crippen molar-refractivity contribution in [3.05, 3.63) is 21.6 Å². The lowest BCUT2D eigenvalue weighted by Gasteiger charge is -2.07. The number of aromatic nitrogens is 2. The first-order valence-electron chi connectivity index (χ1n) is 4.03. The number of nitrogen functional groups attached to an aromatic ring is 1. The van der Waals surface area contributed by atoms with E-state index in [1.165, 1.54) is 10.9 Å². The molecular formula is C8H12ClN3O. The van der Waals surface area contributed by atoms with Crippen molar-refractivity contribution in [2.24, 2.45) is 5.92 Å². The average Bonchev–Trinajstić information content (AvgIpc) is 2.06. The number of nitrogens with zero attached hydrogens (tertiary/aromatic N) is 2. The highest BCUT2D eigenvalue weighted by Crippen LogP contribution is 2.10. The van der Waals surface area contributed by atoms with E-state index in [2.05, 4.69) is 5.10 Å². The smallest absolute Gasteiger partial charge is 0.287 e. The Morgan fingerprint density at radius 1 is 1.69 bits per heavy atom. The lowest BCUT2D eigenvalue weighted by Crippen LogP contribution is -2.26. The Kier molecular flexibility index (Phi) is 2.93. The zero-order valence-electron chi connectivity index (χ0n) is 7.62. The quantitative estimate of drug-likeness (QED) is 0.781. The molecule has 0 aliphatic rings. The van der Waals surface area contributed by atoms with Crippen LogP contribution in [-0.4, -0.2) is 9.78 Å². The highest BCUT2D eigenvalue weighted by atomic mass is 35.5. The Labute approximate surface area is 81.3 Å². The third-order valence-corrected chi connectivity index (χ3v) is 1.93. The second-order valence-corrected chi connectivity index (χ2v) is 3.67. The topological polar surface area (TPSA) is 60.9 Å². The van der Waals surface area contributed by atoms with Gasteiger partial charge in [0.2, 0.25) is 0 Å². The molecule has 2 N–H and O–H groups in total. The summed E-state index contributed by atoms with van der Waals surface area (Å²) in [7, 11) is 0. The number of hydrogen-bond acceptors (Lipinski definition) is 3. The average molecular weight is 202 g/mol. The maximum Gasteiger partial charge on any atom is 0.287 e. The van der Waals surface area contributed by atoms with Gasteiger partial charge in [-0.2, -0.15) is 5.10 Å². The zero-order chi connectivity index (χ0) is 10.0. The van der Waals surface area contributed by atoms with Gasteiger partial charge in [0, 0.05) is 6.54 Å². The number of rotatable bonds is 2. The second kappa shape index (κ2) is 3.79. The minimum absolute atomic E-state index is 0.0515. The van der Waals surface area contributed by atoms with E-state index in [0.717, 1.165) is 0 Å². The monoisotopic (exact) mass is 201 g/mol. The fraction of sp³-hybridized carbons (Fsp3) is 0.500. The lowest BCUT2D eigenvalue weighted by atomic mass is 10.2. The van der Waals surface area contributed by atoms with Crippen molar-refractivity contribution in [3.63, 3.8) is 0 Å².